The average Bonchev–Trinajstić information content (AvgIpc) is 3.21. The van der Waals surface area contributed by atoms with Crippen LogP contribution in [0.2, 0.25) is 0 Å². The van der Waals surface area contributed by atoms with E-state index in [-0.39, 0.29) is 11.9 Å². The fraction of sp³-hybridized carbons (Fsp3) is 0.208. The second-order valence-corrected chi connectivity index (χ2v) is 7.66. The Kier molecular flexibility index (Phi) is 4.99. The number of nitrogens with zero attached hydrogens (tertiary/aromatic N) is 4. The molecule has 0 radical (unpaired) electrons. The molecule has 152 valence electrons. The van der Waals surface area contributed by atoms with Gasteiger partial charge in [0.15, 0.2) is 5.69 Å². The minimum absolute atomic E-state index is 0.0108. The summed E-state index contributed by atoms with van der Waals surface area (Å²) in [6, 6.07) is 19.0. The lowest BCUT2D eigenvalue weighted by atomic mass is 10.2. The van der Waals surface area contributed by atoms with Gasteiger partial charge in [0.1, 0.15) is 0 Å². The third kappa shape index (κ3) is 3.30. The fourth-order valence-electron chi connectivity index (χ4n) is 3.84. The molecule has 0 aliphatic heterocycles. The monoisotopic (exact) mass is 400 g/mol. The zero-order valence-electron chi connectivity index (χ0n) is 17.5. The number of aromatic hydroxyl groups is 1. The fourth-order valence-corrected chi connectivity index (χ4v) is 3.84. The second-order valence-electron chi connectivity index (χ2n) is 7.66. The first-order valence-corrected chi connectivity index (χ1v) is 9.92. The predicted molar refractivity (Wildman–Crippen MR) is 118 cm³/mol. The van der Waals surface area contributed by atoms with Crippen LogP contribution in [0.25, 0.3) is 16.6 Å². The molecule has 0 bridgehead atoms. The summed E-state index contributed by atoms with van der Waals surface area (Å²) in [6.45, 7) is 8.04. The lowest BCUT2D eigenvalue weighted by Gasteiger charge is -2.10. The van der Waals surface area contributed by atoms with E-state index in [1.54, 1.807) is 16.7 Å². The highest BCUT2D eigenvalue weighted by molar-refractivity contribution is 5.97. The van der Waals surface area contributed by atoms with E-state index in [4.69, 9.17) is 0 Å². The number of azo groups is 1. The highest BCUT2D eigenvalue weighted by Gasteiger charge is 2.18. The van der Waals surface area contributed by atoms with E-state index < -0.39 is 5.91 Å². The molecule has 0 aliphatic rings. The highest BCUT2D eigenvalue weighted by atomic mass is 16.3. The molecule has 0 spiro atoms. The van der Waals surface area contributed by atoms with E-state index in [2.05, 4.69) is 26.9 Å². The molecular formula is C24H24N4O2. The summed E-state index contributed by atoms with van der Waals surface area (Å²) in [4.78, 5) is 12.6. The first-order valence-electron chi connectivity index (χ1n) is 9.92. The molecule has 4 rings (SSSR count). The lowest BCUT2D eigenvalue weighted by Crippen LogP contribution is -2.00. The number of rotatable bonds is 4. The van der Waals surface area contributed by atoms with Crippen molar-refractivity contribution in [3.05, 3.63) is 77.6 Å². The zero-order chi connectivity index (χ0) is 21.4. The number of hydrogen-bond donors (Lipinski definition) is 1. The van der Waals surface area contributed by atoms with Crippen molar-refractivity contribution in [2.24, 2.45) is 10.2 Å². The molecule has 0 atom stereocenters. The Bertz CT molecular complexity index is 1240. The van der Waals surface area contributed by atoms with Gasteiger partial charge in [-0.2, -0.15) is 0 Å². The number of fused-ring (bicyclic) bond motifs is 1. The molecule has 0 aliphatic carbocycles. The normalized spacial score (nSPS) is 11.8. The third-order valence-corrected chi connectivity index (χ3v) is 5.26. The Morgan fingerprint density at radius 3 is 2.20 bits per heavy atom. The summed E-state index contributed by atoms with van der Waals surface area (Å²) in [7, 11) is 0. The molecule has 4 aromatic rings. The van der Waals surface area contributed by atoms with E-state index in [0.29, 0.717) is 11.3 Å². The van der Waals surface area contributed by atoms with Crippen LogP contribution < -0.4 is 0 Å². The van der Waals surface area contributed by atoms with Gasteiger partial charge in [-0.25, -0.2) is 0 Å². The highest BCUT2D eigenvalue weighted by Crippen LogP contribution is 2.40. The van der Waals surface area contributed by atoms with E-state index in [9.17, 15) is 9.90 Å². The van der Waals surface area contributed by atoms with Crippen molar-refractivity contribution in [3.8, 4) is 11.6 Å². The van der Waals surface area contributed by atoms with Crippen LogP contribution in [0.4, 0.5) is 5.69 Å². The molecule has 6 nitrogen and oxygen atoms in total. The Balaban J connectivity index is 1.64. The Hall–Kier alpha value is -3.67. The minimum atomic E-state index is -0.455. The van der Waals surface area contributed by atoms with Gasteiger partial charge in [-0.1, -0.05) is 18.2 Å². The molecule has 0 saturated carbocycles. The van der Waals surface area contributed by atoms with Crippen molar-refractivity contribution in [2.45, 2.75) is 33.7 Å². The van der Waals surface area contributed by atoms with Gasteiger partial charge in [0.05, 0.1) is 5.52 Å². The minimum Gasteiger partial charge on any atom is -0.493 e. The number of amides is 1. The van der Waals surface area contributed by atoms with Crippen LogP contribution in [-0.4, -0.2) is 20.1 Å². The summed E-state index contributed by atoms with van der Waals surface area (Å²) < 4.78 is 3.90. The van der Waals surface area contributed by atoms with Crippen LogP contribution in [0.15, 0.2) is 70.9 Å². The van der Waals surface area contributed by atoms with Crippen molar-refractivity contribution < 1.29 is 9.90 Å². The molecule has 30 heavy (non-hydrogen) atoms. The summed E-state index contributed by atoms with van der Waals surface area (Å²) in [6.07, 6.45) is 0. The van der Waals surface area contributed by atoms with E-state index in [1.165, 1.54) is 0 Å². The molecule has 2 aromatic heterocycles. The molecule has 0 saturated heterocycles. The number of aryl methyl sites for hydroxylation is 2. The SMILES string of the molecule is Cc1ccc(C)n1-c1ccc(C(=O)N=Nc2c(O)n(C(C)C)c3ccccc23)cc1. The van der Waals surface area contributed by atoms with Gasteiger partial charge in [-0.15, -0.1) is 10.2 Å². The Morgan fingerprint density at radius 1 is 0.933 bits per heavy atom. The molecule has 1 N–H and O–H groups in total. The summed E-state index contributed by atoms with van der Waals surface area (Å²) >= 11 is 0. The van der Waals surface area contributed by atoms with Crippen molar-refractivity contribution in [1.29, 1.82) is 0 Å². The van der Waals surface area contributed by atoms with E-state index >= 15 is 0 Å². The molecule has 0 unspecified atom stereocenters. The maximum Gasteiger partial charge on any atom is 0.295 e. The number of carbonyl (C=O) groups is 1. The molecule has 2 aromatic carbocycles. The second kappa shape index (κ2) is 7.63. The van der Waals surface area contributed by atoms with Crippen LogP contribution in [0.3, 0.4) is 0 Å². The summed E-state index contributed by atoms with van der Waals surface area (Å²) in [5.74, 6) is -0.445. The molecule has 1 amide bonds. The number of aromatic nitrogens is 2. The maximum atomic E-state index is 12.6. The lowest BCUT2D eigenvalue weighted by molar-refractivity contribution is 0.0995. The van der Waals surface area contributed by atoms with Crippen molar-refractivity contribution in [1.82, 2.24) is 9.13 Å². The molecular weight excluding hydrogens is 376 g/mol. The van der Waals surface area contributed by atoms with Crippen LogP contribution in [0, 0.1) is 13.8 Å². The molecule has 0 fully saturated rings. The Morgan fingerprint density at radius 2 is 1.57 bits per heavy atom. The number of carbonyl (C=O) groups excluding carboxylic acids is 1. The largest absolute Gasteiger partial charge is 0.493 e. The van der Waals surface area contributed by atoms with Crippen molar-refractivity contribution in [3.63, 3.8) is 0 Å². The van der Waals surface area contributed by atoms with Crippen LogP contribution >= 0.6 is 0 Å². The van der Waals surface area contributed by atoms with Gasteiger partial charge in [0, 0.05) is 34.1 Å². The van der Waals surface area contributed by atoms with Gasteiger partial charge in [-0.3, -0.25) is 4.79 Å². The van der Waals surface area contributed by atoms with Crippen LogP contribution in [0.5, 0.6) is 5.88 Å². The van der Waals surface area contributed by atoms with Gasteiger partial charge in [0.25, 0.3) is 5.91 Å². The predicted octanol–water partition coefficient (Wildman–Crippen LogP) is 6.26. The zero-order valence-corrected chi connectivity index (χ0v) is 17.5. The van der Waals surface area contributed by atoms with Gasteiger partial charge in [-0.05, 0) is 70.2 Å². The van der Waals surface area contributed by atoms with E-state index in [0.717, 1.165) is 28.0 Å². The smallest absolute Gasteiger partial charge is 0.295 e. The topological polar surface area (TPSA) is 71.9 Å². The van der Waals surface area contributed by atoms with Crippen LogP contribution in [0.1, 0.15) is 41.6 Å². The average molecular weight is 400 g/mol. The van der Waals surface area contributed by atoms with E-state index in [1.807, 2.05) is 64.1 Å². The number of benzene rings is 2. The first kappa shape index (κ1) is 19.6. The molecule has 6 heteroatoms. The first-order chi connectivity index (χ1) is 14.4. The van der Waals surface area contributed by atoms with Crippen molar-refractivity contribution in [2.75, 3.05) is 0 Å². The van der Waals surface area contributed by atoms with Gasteiger partial charge < -0.3 is 14.2 Å². The number of para-hydroxylation sites is 1. The summed E-state index contributed by atoms with van der Waals surface area (Å²) in [5.41, 5.74) is 4.85. The third-order valence-electron chi connectivity index (χ3n) is 5.26. The van der Waals surface area contributed by atoms with Crippen LogP contribution in [-0.2, 0) is 0 Å². The Labute approximate surface area is 175 Å². The van der Waals surface area contributed by atoms with Gasteiger partial charge >= 0.3 is 0 Å². The number of hydrogen-bond acceptors (Lipinski definition) is 3. The summed E-state index contributed by atoms with van der Waals surface area (Å²) in [5, 5.41) is 19.4. The quantitative estimate of drug-likeness (QED) is 0.411. The maximum absolute atomic E-state index is 12.6. The standard InChI is InChI=1S/C24H24N4O2/c1-15(2)27-21-8-6-5-7-20(21)22(24(27)30)25-26-23(29)18-11-13-19(14-12-18)28-16(3)9-10-17(28)4/h5-15,30H,1-4H3. The van der Waals surface area contributed by atoms with Gasteiger partial charge in [0.2, 0.25) is 5.88 Å². The molecule has 2 heterocycles. The van der Waals surface area contributed by atoms with Crippen molar-refractivity contribution >= 4 is 22.5 Å².